The fourth-order valence-corrected chi connectivity index (χ4v) is 3.96. The number of hydrogen-bond donors (Lipinski definition) is 2. The SMILES string of the molecule is CCC(CC)(C(=O)NCc1ccc(C(=O)O)s1)c1ccc(OC)c(OC)c1. The quantitative estimate of drug-likeness (QED) is 0.678. The molecule has 7 heteroatoms. The zero-order valence-electron chi connectivity index (χ0n) is 16.0. The monoisotopic (exact) mass is 391 g/mol. The largest absolute Gasteiger partial charge is 0.493 e. The van der Waals surface area contributed by atoms with Crippen molar-refractivity contribution in [3.05, 3.63) is 45.6 Å². The van der Waals surface area contributed by atoms with Gasteiger partial charge in [0.1, 0.15) is 4.88 Å². The average Bonchev–Trinajstić information content (AvgIpc) is 3.17. The highest BCUT2D eigenvalue weighted by Gasteiger charge is 2.37. The molecule has 1 aromatic carbocycles. The molecule has 2 aromatic rings. The zero-order chi connectivity index (χ0) is 20.0. The maximum Gasteiger partial charge on any atom is 0.345 e. The van der Waals surface area contributed by atoms with Crippen LogP contribution in [0.25, 0.3) is 0 Å². The van der Waals surface area contributed by atoms with E-state index in [1.807, 2.05) is 26.0 Å². The van der Waals surface area contributed by atoms with Gasteiger partial charge in [0.25, 0.3) is 0 Å². The van der Waals surface area contributed by atoms with Crippen molar-refractivity contribution in [2.45, 2.75) is 38.6 Å². The van der Waals surface area contributed by atoms with E-state index in [9.17, 15) is 9.59 Å². The molecule has 1 amide bonds. The molecule has 2 rings (SSSR count). The van der Waals surface area contributed by atoms with E-state index in [0.29, 0.717) is 30.9 Å². The molecule has 0 fully saturated rings. The molecule has 1 heterocycles. The summed E-state index contributed by atoms with van der Waals surface area (Å²) < 4.78 is 10.7. The molecular formula is C20H25NO5S. The summed E-state index contributed by atoms with van der Waals surface area (Å²) in [5.41, 5.74) is 0.159. The molecule has 0 saturated carbocycles. The summed E-state index contributed by atoms with van der Waals surface area (Å²) in [5, 5.41) is 12.0. The van der Waals surface area contributed by atoms with E-state index < -0.39 is 11.4 Å². The van der Waals surface area contributed by atoms with Gasteiger partial charge in [-0.2, -0.15) is 0 Å². The Morgan fingerprint density at radius 2 is 1.74 bits per heavy atom. The molecule has 0 aliphatic rings. The van der Waals surface area contributed by atoms with Crippen molar-refractivity contribution in [1.82, 2.24) is 5.32 Å². The number of methoxy groups -OCH3 is 2. The van der Waals surface area contributed by atoms with Crippen molar-refractivity contribution in [2.24, 2.45) is 0 Å². The Bertz CT molecular complexity index is 810. The van der Waals surface area contributed by atoms with Crippen LogP contribution < -0.4 is 14.8 Å². The second-order valence-electron chi connectivity index (χ2n) is 6.11. The predicted octanol–water partition coefficient (Wildman–Crippen LogP) is 3.84. The highest BCUT2D eigenvalue weighted by molar-refractivity contribution is 7.13. The Hall–Kier alpha value is -2.54. The van der Waals surface area contributed by atoms with E-state index >= 15 is 0 Å². The first-order chi connectivity index (χ1) is 12.9. The van der Waals surface area contributed by atoms with Crippen molar-refractivity contribution in [2.75, 3.05) is 14.2 Å². The van der Waals surface area contributed by atoms with Gasteiger partial charge in [-0.15, -0.1) is 11.3 Å². The van der Waals surface area contributed by atoms with E-state index in [0.717, 1.165) is 21.8 Å². The van der Waals surface area contributed by atoms with E-state index in [-0.39, 0.29) is 10.8 Å². The Morgan fingerprint density at radius 3 is 2.26 bits per heavy atom. The van der Waals surface area contributed by atoms with Crippen LogP contribution in [0.5, 0.6) is 11.5 Å². The second-order valence-corrected chi connectivity index (χ2v) is 7.28. The molecule has 0 aliphatic heterocycles. The van der Waals surface area contributed by atoms with Gasteiger partial charge in [0.15, 0.2) is 11.5 Å². The van der Waals surface area contributed by atoms with Crippen LogP contribution in [0.4, 0.5) is 0 Å². The number of thiophene rings is 1. The zero-order valence-corrected chi connectivity index (χ0v) is 16.8. The summed E-state index contributed by atoms with van der Waals surface area (Å²) in [6.45, 7) is 4.26. The maximum absolute atomic E-state index is 13.1. The van der Waals surface area contributed by atoms with Crippen LogP contribution in [0.15, 0.2) is 30.3 Å². The summed E-state index contributed by atoms with van der Waals surface area (Å²) in [7, 11) is 3.14. The lowest BCUT2D eigenvalue weighted by atomic mass is 9.75. The lowest BCUT2D eigenvalue weighted by Crippen LogP contribution is -2.43. The van der Waals surface area contributed by atoms with Crippen LogP contribution in [0.3, 0.4) is 0 Å². The third-order valence-electron chi connectivity index (χ3n) is 4.87. The second kappa shape index (κ2) is 8.90. The Labute approximate surface area is 163 Å². The third kappa shape index (κ3) is 4.24. The van der Waals surface area contributed by atoms with Gasteiger partial charge in [0.05, 0.1) is 26.2 Å². The number of aromatic carboxylic acids is 1. The lowest BCUT2D eigenvalue weighted by Gasteiger charge is -2.31. The Kier molecular flexibility index (Phi) is 6.85. The summed E-state index contributed by atoms with van der Waals surface area (Å²) in [5.74, 6) is 0.144. The van der Waals surface area contributed by atoms with E-state index in [1.165, 1.54) is 0 Å². The highest BCUT2D eigenvalue weighted by atomic mass is 32.1. The summed E-state index contributed by atoms with van der Waals surface area (Å²) in [6, 6.07) is 8.82. The van der Waals surface area contributed by atoms with E-state index in [2.05, 4.69) is 5.32 Å². The Balaban J connectivity index is 2.25. The van der Waals surface area contributed by atoms with Gasteiger partial charge < -0.3 is 19.9 Å². The van der Waals surface area contributed by atoms with E-state index in [1.54, 1.807) is 32.4 Å². The molecule has 0 unspecified atom stereocenters. The first kappa shape index (κ1) is 20.8. The number of nitrogens with one attached hydrogen (secondary N) is 1. The minimum Gasteiger partial charge on any atom is -0.493 e. The van der Waals surface area contributed by atoms with E-state index in [4.69, 9.17) is 14.6 Å². The summed E-state index contributed by atoms with van der Waals surface area (Å²) in [6.07, 6.45) is 1.24. The van der Waals surface area contributed by atoms with Gasteiger partial charge in [-0.1, -0.05) is 19.9 Å². The normalized spacial score (nSPS) is 11.1. The number of rotatable bonds is 9. The lowest BCUT2D eigenvalue weighted by molar-refractivity contribution is -0.127. The molecule has 0 aliphatic carbocycles. The number of carbonyl (C=O) groups excluding carboxylic acids is 1. The molecule has 27 heavy (non-hydrogen) atoms. The fraction of sp³-hybridized carbons (Fsp3) is 0.400. The minimum atomic E-state index is -0.959. The van der Waals surface area contributed by atoms with Crippen LogP contribution in [0, 0.1) is 0 Å². The van der Waals surface area contributed by atoms with Crippen LogP contribution >= 0.6 is 11.3 Å². The molecule has 0 atom stereocenters. The molecular weight excluding hydrogens is 366 g/mol. The number of carboxylic acids is 1. The van der Waals surface area contributed by atoms with Crippen molar-refractivity contribution < 1.29 is 24.2 Å². The molecule has 146 valence electrons. The predicted molar refractivity (Wildman–Crippen MR) is 105 cm³/mol. The van der Waals surface area contributed by atoms with Gasteiger partial charge in [0, 0.05) is 4.88 Å². The van der Waals surface area contributed by atoms with Gasteiger partial charge in [-0.05, 0) is 42.7 Å². The molecule has 1 aromatic heterocycles. The van der Waals surface area contributed by atoms with Crippen LogP contribution in [0.1, 0.15) is 46.8 Å². The smallest absolute Gasteiger partial charge is 0.345 e. The van der Waals surface area contributed by atoms with Gasteiger partial charge in [-0.25, -0.2) is 4.79 Å². The number of hydrogen-bond acceptors (Lipinski definition) is 5. The van der Waals surface area contributed by atoms with Crippen molar-refractivity contribution in [3.63, 3.8) is 0 Å². The molecule has 0 bridgehead atoms. The van der Waals surface area contributed by atoms with Gasteiger partial charge in [-0.3, -0.25) is 4.79 Å². The first-order valence-electron chi connectivity index (χ1n) is 8.74. The standard InChI is InChI=1S/C20H25NO5S/c1-5-20(6-2,13-7-9-15(25-3)16(11-13)26-4)19(24)21-12-14-8-10-17(27-14)18(22)23/h7-11H,5-6,12H2,1-4H3,(H,21,24)(H,22,23). The van der Waals surface area contributed by atoms with Gasteiger partial charge in [0.2, 0.25) is 5.91 Å². The van der Waals surface area contributed by atoms with Crippen LogP contribution in [-0.4, -0.2) is 31.2 Å². The number of carbonyl (C=O) groups is 2. The van der Waals surface area contributed by atoms with Crippen LogP contribution in [-0.2, 0) is 16.8 Å². The molecule has 0 radical (unpaired) electrons. The van der Waals surface area contributed by atoms with Crippen molar-refractivity contribution >= 4 is 23.2 Å². The van der Waals surface area contributed by atoms with Gasteiger partial charge >= 0.3 is 5.97 Å². The number of ether oxygens (including phenoxy) is 2. The molecule has 6 nitrogen and oxygen atoms in total. The van der Waals surface area contributed by atoms with Crippen molar-refractivity contribution in [3.8, 4) is 11.5 Å². The molecule has 2 N–H and O–H groups in total. The number of amides is 1. The summed E-state index contributed by atoms with van der Waals surface area (Å²) >= 11 is 1.16. The number of benzene rings is 1. The minimum absolute atomic E-state index is 0.0926. The topological polar surface area (TPSA) is 84.9 Å². The molecule has 0 saturated heterocycles. The van der Waals surface area contributed by atoms with Crippen molar-refractivity contribution in [1.29, 1.82) is 0 Å². The fourth-order valence-electron chi connectivity index (χ4n) is 3.17. The highest BCUT2D eigenvalue weighted by Crippen LogP contribution is 2.37. The summed E-state index contributed by atoms with van der Waals surface area (Å²) in [4.78, 5) is 25.2. The third-order valence-corrected chi connectivity index (χ3v) is 5.95. The van der Waals surface area contributed by atoms with Crippen LogP contribution in [0.2, 0.25) is 0 Å². The maximum atomic E-state index is 13.1. The first-order valence-corrected chi connectivity index (χ1v) is 9.56. The average molecular weight is 391 g/mol. The number of carboxylic acid groups (broad SMARTS) is 1. The molecule has 0 spiro atoms. The Morgan fingerprint density at radius 1 is 1.07 bits per heavy atom.